The molecule has 3 aromatic rings. The molecule has 2 fully saturated rings. The minimum atomic E-state index is -0.781. The lowest BCUT2D eigenvalue weighted by atomic mass is 10.0. The van der Waals surface area contributed by atoms with Gasteiger partial charge in [-0.2, -0.15) is 5.10 Å². The topological polar surface area (TPSA) is 121 Å². The molecule has 0 unspecified atom stereocenters. The van der Waals surface area contributed by atoms with Crippen molar-refractivity contribution in [2.75, 3.05) is 29.9 Å². The maximum atomic E-state index is 14.5. The van der Waals surface area contributed by atoms with Crippen LogP contribution in [-0.4, -0.2) is 69.2 Å². The Morgan fingerprint density at radius 1 is 1.15 bits per heavy atom. The fraction of sp³-hybridized carbons (Fsp3) is 0.423. The first-order chi connectivity index (χ1) is 18.7. The zero-order valence-electron chi connectivity index (χ0n) is 21.6. The zero-order chi connectivity index (χ0) is 27.7. The SMILES string of the molecule is CC(=O)N[C@@H](C)C(=O)O[C@H]1CCN(C(=O)Nc2cnn3ccc(N4CCC[C@@H]4c4cc(F)ccc4F)nc23)C1. The van der Waals surface area contributed by atoms with Crippen molar-refractivity contribution in [3.8, 4) is 0 Å². The lowest BCUT2D eigenvalue weighted by Crippen LogP contribution is -2.40. The number of carbonyl (C=O) groups is 3. The van der Waals surface area contributed by atoms with Gasteiger partial charge in [0.25, 0.3) is 0 Å². The van der Waals surface area contributed by atoms with E-state index in [9.17, 15) is 23.2 Å². The number of fused-ring (bicyclic) bond motifs is 1. The molecule has 2 aliphatic heterocycles. The van der Waals surface area contributed by atoms with Gasteiger partial charge < -0.3 is 25.2 Å². The van der Waals surface area contributed by atoms with Crippen LogP contribution in [-0.2, 0) is 14.3 Å². The molecule has 3 amide bonds. The van der Waals surface area contributed by atoms with Crippen molar-refractivity contribution >= 4 is 35.1 Å². The fourth-order valence-electron chi connectivity index (χ4n) is 5.07. The number of nitrogens with zero attached hydrogens (tertiary/aromatic N) is 5. The van der Waals surface area contributed by atoms with Crippen molar-refractivity contribution in [1.29, 1.82) is 0 Å². The van der Waals surface area contributed by atoms with Crippen LogP contribution >= 0.6 is 0 Å². The van der Waals surface area contributed by atoms with E-state index in [1.807, 2.05) is 4.90 Å². The number of carbonyl (C=O) groups excluding carboxylic acids is 3. The maximum absolute atomic E-state index is 14.5. The van der Waals surface area contributed by atoms with Crippen LogP contribution in [0.3, 0.4) is 0 Å². The van der Waals surface area contributed by atoms with Gasteiger partial charge in [-0.05, 0) is 44.0 Å². The summed E-state index contributed by atoms with van der Waals surface area (Å²) < 4.78 is 35.4. The highest BCUT2D eigenvalue weighted by molar-refractivity contribution is 5.93. The predicted molar refractivity (Wildman–Crippen MR) is 137 cm³/mol. The van der Waals surface area contributed by atoms with Crippen LogP contribution in [0.15, 0.2) is 36.7 Å². The van der Waals surface area contributed by atoms with Crippen LogP contribution in [0, 0.1) is 11.6 Å². The number of esters is 1. The van der Waals surface area contributed by atoms with Crippen molar-refractivity contribution in [3.05, 3.63) is 53.9 Å². The summed E-state index contributed by atoms with van der Waals surface area (Å²) in [5, 5.41) is 9.56. The molecule has 2 aromatic heterocycles. The van der Waals surface area contributed by atoms with Gasteiger partial charge in [-0.3, -0.25) is 4.79 Å². The molecule has 13 heteroatoms. The standard InChI is InChI=1S/C26H29F2N7O4/c1-15(30-16(2)36)25(37)39-18-7-10-33(14-18)26(38)31-21-13-29-35-11-8-23(32-24(21)35)34-9-3-4-22(34)19-12-17(27)5-6-20(19)28/h5-6,8,11-13,15,18,22H,3-4,7,9-10,14H2,1-2H3,(H,30,36)(H,31,38)/t15-,18-,22+/m0/s1. The summed E-state index contributed by atoms with van der Waals surface area (Å²) in [5.74, 6) is -1.30. The summed E-state index contributed by atoms with van der Waals surface area (Å²) in [7, 11) is 0. The summed E-state index contributed by atoms with van der Waals surface area (Å²) >= 11 is 0. The van der Waals surface area contributed by atoms with Crippen LogP contribution in [0.4, 0.5) is 25.1 Å². The Labute approximate surface area is 223 Å². The number of benzene rings is 1. The summed E-state index contributed by atoms with van der Waals surface area (Å²) in [6.07, 6.45) is 4.62. The molecule has 3 atom stereocenters. The third-order valence-corrected chi connectivity index (χ3v) is 6.95. The van der Waals surface area contributed by atoms with Gasteiger partial charge in [0.1, 0.15) is 35.3 Å². The second kappa shape index (κ2) is 10.8. The van der Waals surface area contributed by atoms with Gasteiger partial charge >= 0.3 is 12.0 Å². The molecule has 4 heterocycles. The molecular weight excluding hydrogens is 512 g/mol. The quantitative estimate of drug-likeness (QED) is 0.460. The minimum absolute atomic E-state index is 0.205. The molecule has 0 spiro atoms. The molecule has 5 rings (SSSR count). The van der Waals surface area contributed by atoms with E-state index >= 15 is 0 Å². The molecule has 2 aliphatic rings. The number of likely N-dealkylation sites (tertiary alicyclic amines) is 1. The summed E-state index contributed by atoms with van der Waals surface area (Å²) in [6.45, 7) is 4.06. The van der Waals surface area contributed by atoms with Crippen LogP contribution in [0.25, 0.3) is 5.65 Å². The second-order valence-electron chi connectivity index (χ2n) is 9.78. The summed E-state index contributed by atoms with van der Waals surface area (Å²) in [4.78, 5) is 44.5. The number of amides is 3. The predicted octanol–water partition coefficient (Wildman–Crippen LogP) is 3.02. The Hall–Kier alpha value is -4.29. The Morgan fingerprint density at radius 3 is 2.77 bits per heavy atom. The van der Waals surface area contributed by atoms with E-state index in [1.165, 1.54) is 35.5 Å². The molecule has 206 valence electrons. The first kappa shape index (κ1) is 26.3. The van der Waals surface area contributed by atoms with Crippen molar-refractivity contribution in [1.82, 2.24) is 24.8 Å². The molecule has 1 aromatic carbocycles. The van der Waals surface area contributed by atoms with E-state index in [2.05, 4.69) is 15.7 Å². The number of ether oxygens (including phenoxy) is 1. The number of hydrogen-bond acceptors (Lipinski definition) is 7. The second-order valence-corrected chi connectivity index (χ2v) is 9.78. The normalized spacial score (nSPS) is 19.8. The van der Waals surface area contributed by atoms with E-state index in [-0.39, 0.29) is 24.1 Å². The minimum Gasteiger partial charge on any atom is -0.459 e. The van der Waals surface area contributed by atoms with Gasteiger partial charge in [0.2, 0.25) is 5.91 Å². The lowest BCUT2D eigenvalue weighted by Gasteiger charge is -2.26. The molecule has 0 saturated carbocycles. The van der Waals surface area contributed by atoms with Crippen molar-refractivity contribution < 1.29 is 27.9 Å². The molecular formula is C26H29F2N7O4. The third-order valence-electron chi connectivity index (χ3n) is 6.95. The number of urea groups is 1. The van der Waals surface area contributed by atoms with Crippen LogP contribution in [0.2, 0.25) is 0 Å². The van der Waals surface area contributed by atoms with Gasteiger partial charge in [0, 0.05) is 38.2 Å². The molecule has 0 bridgehead atoms. The number of halogens is 2. The third kappa shape index (κ3) is 5.61. The highest BCUT2D eigenvalue weighted by atomic mass is 19.1. The average Bonchev–Trinajstić information content (AvgIpc) is 3.65. The Morgan fingerprint density at radius 2 is 1.97 bits per heavy atom. The lowest BCUT2D eigenvalue weighted by molar-refractivity contribution is -0.151. The number of anilines is 2. The van der Waals surface area contributed by atoms with Crippen molar-refractivity contribution in [2.24, 2.45) is 0 Å². The van der Waals surface area contributed by atoms with Crippen LogP contribution in [0.5, 0.6) is 0 Å². The van der Waals surface area contributed by atoms with Crippen molar-refractivity contribution in [2.45, 2.75) is 51.3 Å². The van der Waals surface area contributed by atoms with Gasteiger partial charge in [0.05, 0.1) is 18.8 Å². The summed E-state index contributed by atoms with van der Waals surface area (Å²) in [5.41, 5.74) is 1.07. The number of rotatable bonds is 6. The average molecular weight is 542 g/mol. The number of aromatic nitrogens is 3. The first-order valence-electron chi connectivity index (χ1n) is 12.8. The highest BCUT2D eigenvalue weighted by Gasteiger charge is 2.32. The van der Waals surface area contributed by atoms with Crippen LogP contribution < -0.4 is 15.5 Å². The molecule has 2 N–H and O–H groups in total. The number of nitrogens with one attached hydrogen (secondary N) is 2. The van der Waals surface area contributed by atoms with E-state index in [4.69, 9.17) is 9.72 Å². The van der Waals surface area contributed by atoms with E-state index in [1.54, 1.807) is 12.3 Å². The van der Waals surface area contributed by atoms with Gasteiger partial charge in [0.15, 0.2) is 5.65 Å². The maximum Gasteiger partial charge on any atom is 0.328 e. The number of hydrogen-bond donors (Lipinski definition) is 2. The first-order valence-corrected chi connectivity index (χ1v) is 12.8. The van der Waals surface area contributed by atoms with Gasteiger partial charge in [-0.1, -0.05) is 0 Å². The van der Waals surface area contributed by atoms with Gasteiger partial charge in [-0.25, -0.2) is 27.9 Å². The largest absolute Gasteiger partial charge is 0.459 e. The Kier molecular flexibility index (Phi) is 7.31. The van der Waals surface area contributed by atoms with E-state index in [0.717, 1.165) is 18.6 Å². The fourth-order valence-corrected chi connectivity index (χ4v) is 5.07. The Balaban J connectivity index is 1.27. The molecule has 0 aliphatic carbocycles. The smallest absolute Gasteiger partial charge is 0.328 e. The summed E-state index contributed by atoms with van der Waals surface area (Å²) in [6, 6.07) is 3.67. The molecule has 2 saturated heterocycles. The molecule has 0 radical (unpaired) electrons. The molecule has 11 nitrogen and oxygen atoms in total. The monoisotopic (exact) mass is 541 g/mol. The zero-order valence-corrected chi connectivity index (χ0v) is 21.6. The Bertz CT molecular complexity index is 1410. The van der Waals surface area contributed by atoms with Crippen molar-refractivity contribution in [3.63, 3.8) is 0 Å². The molecule has 39 heavy (non-hydrogen) atoms. The van der Waals surface area contributed by atoms with E-state index in [0.29, 0.717) is 43.1 Å². The van der Waals surface area contributed by atoms with Gasteiger partial charge in [-0.15, -0.1) is 0 Å². The highest BCUT2D eigenvalue weighted by Crippen LogP contribution is 2.37. The van der Waals surface area contributed by atoms with Crippen LogP contribution in [0.1, 0.15) is 44.7 Å². The van der Waals surface area contributed by atoms with E-state index < -0.39 is 35.8 Å².